The first-order valence-electron chi connectivity index (χ1n) is 5.76. The van der Waals surface area contributed by atoms with Crippen LogP contribution in [0, 0.1) is 0 Å². The van der Waals surface area contributed by atoms with Crippen molar-refractivity contribution in [2.45, 2.75) is 19.9 Å². The van der Waals surface area contributed by atoms with Gasteiger partial charge >= 0.3 is 5.97 Å². The number of nitrogens with zero attached hydrogens (tertiary/aromatic N) is 1. The Morgan fingerprint density at radius 3 is 2.67 bits per heavy atom. The molecule has 0 amide bonds. The summed E-state index contributed by atoms with van der Waals surface area (Å²) in [5, 5.41) is 9.51. The summed E-state index contributed by atoms with van der Waals surface area (Å²) in [5.74, 6) is -1.02. The minimum atomic E-state index is -1.02. The quantitative estimate of drug-likeness (QED) is 0.864. The van der Waals surface area contributed by atoms with Gasteiger partial charge in [0.25, 0.3) is 0 Å². The van der Waals surface area contributed by atoms with Gasteiger partial charge < -0.3 is 14.7 Å². The summed E-state index contributed by atoms with van der Waals surface area (Å²) in [6.07, 6.45) is 0. The van der Waals surface area contributed by atoms with Crippen molar-refractivity contribution in [2.24, 2.45) is 0 Å². The van der Waals surface area contributed by atoms with Gasteiger partial charge in [0.2, 0.25) is 0 Å². The normalized spacial score (nSPS) is 10.7. The SMILES string of the molecule is COCCN(c1cccc(Cl)c1C(=O)O)C(C)C. The van der Waals surface area contributed by atoms with Gasteiger partial charge in [0.05, 0.1) is 17.3 Å². The first-order valence-corrected chi connectivity index (χ1v) is 6.14. The third-order valence-corrected chi connectivity index (χ3v) is 2.99. The summed E-state index contributed by atoms with van der Waals surface area (Å²) in [6, 6.07) is 5.28. The number of ether oxygens (including phenoxy) is 1. The minimum absolute atomic E-state index is 0.143. The second-order valence-corrected chi connectivity index (χ2v) is 4.63. The monoisotopic (exact) mass is 271 g/mol. The lowest BCUT2D eigenvalue weighted by molar-refractivity contribution is 0.0697. The fraction of sp³-hybridized carbons (Fsp3) is 0.462. The van der Waals surface area contributed by atoms with E-state index in [9.17, 15) is 9.90 Å². The maximum absolute atomic E-state index is 11.3. The van der Waals surface area contributed by atoms with E-state index < -0.39 is 5.97 Å². The van der Waals surface area contributed by atoms with E-state index in [0.29, 0.717) is 18.8 Å². The van der Waals surface area contributed by atoms with Crippen LogP contribution in [0.3, 0.4) is 0 Å². The molecule has 0 heterocycles. The van der Waals surface area contributed by atoms with Crippen molar-refractivity contribution in [3.63, 3.8) is 0 Å². The molecule has 0 saturated heterocycles. The number of methoxy groups -OCH3 is 1. The molecule has 0 aliphatic rings. The van der Waals surface area contributed by atoms with Crippen LogP contribution in [0.25, 0.3) is 0 Å². The van der Waals surface area contributed by atoms with Gasteiger partial charge in [-0.1, -0.05) is 17.7 Å². The van der Waals surface area contributed by atoms with Crippen LogP contribution in [0.1, 0.15) is 24.2 Å². The summed E-state index contributed by atoms with van der Waals surface area (Å²) < 4.78 is 5.05. The molecule has 0 saturated carbocycles. The number of hydrogen-bond acceptors (Lipinski definition) is 3. The zero-order valence-corrected chi connectivity index (χ0v) is 11.6. The van der Waals surface area contributed by atoms with E-state index in [-0.39, 0.29) is 16.6 Å². The van der Waals surface area contributed by atoms with Crippen molar-refractivity contribution in [2.75, 3.05) is 25.2 Å². The number of benzene rings is 1. The van der Waals surface area contributed by atoms with Gasteiger partial charge in [-0.3, -0.25) is 0 Å². The van der Waals surface area contributed by atoms with Crippen molar-refractivity contribution < 1.29 is 14.6 Å². The molecular formula is C13H18ClNO3. The Labute approximate surface area is 112 Å². The van der Waals surface area contributed by atoms with Gasteiger partial charge in [0.15, 0.2) is 0 Å². The van der Waals surface area contributed by atoms with Gasteiger partial charge in [-0.05, 0) is 26.0 Å². The molecule has 100 valence electrons. The Morgan fingerprint density at radius 2 is 2.17 bits per heavy atom. The zero-order chi connectivity index (χ0) is 13.7. The first kappa shape index (κ1) is 14.8. The molecular weight excluding hydrogens is 254 g/mol. The van der Waals surface area contributed by atoms with Crippen LogP contribution in [-0.2, 0) is 4.74 Å². The molecule has 1 rings (SSSR count). The lowest BCUT2D eigenvalue weighted by atomic mass is 10.1. The number of carbonyl (C=O) groups is 1. The molecule has 1 aromatic carbocycles. The van der Waals surface area contributed by atoms with Crippen LogP contribution < -0.4 is 4.90 Å². The minimum Gasteiger partial charge on any atom is -0.478 e. The summed E-state index contributed by atoms with van der Waals surface area (Å²) in [6.45, 7) is 5.16. The van der Waals surface area contributed by atoms with Crippen LogP contribution in [0.15, 0.2) is 18.2 Å². The molecule has 4 nitrogen and oxygen atoms in total. The fourth-order valence-corrected chi connectivity index (χ4v) is 2.06. The molecule has 18 heavy (non-hydrogen) atoms. The van der Waals surface area contributed by atoms with Crippen LogP contribution in [-0.4, -0.2) is 37.4 Å². The van der Waals surface area contributed by atoms with Gasteiger partial charge in [-0.15, -0.1) is 0 Å². The topological polar surface area (TPSA) is 49.8 Å². The van der Waals surface area contributed by atoms with E-state index in [4.69, 9.17) is 16.3 Å². The van der Waals surface area contributed by atoms with E-state index in [2.05, 4.69) is 0 Å². The molecule has 0 atom stereocenters. The second-order valence-electron chi connectivity index (χ2n) is 4.22. The van der Waals surface area contributed by atoms with E-state index in [1.807, 2.05) is 18.7 Å². The van der Waals surface area contributed by atoms with Crippen molar-refractivity contribution >= 4 is 23.3 Å². The van der Waals surface area contributed by atoms with Crippen LogP contribution in [0.5, 0.6) is 0 Å². The molecule has 5 heteroatoms. The lowest BCUT2D eigenvalue weighted by Crippen LogP contribution is -2.35. The van der Waals surface area contributed by atoms with E-state index in [0.717, 1.165) is 0 Å². The highest BCUT2D eigenvalue weighted by Crippen LogP contribution is 2.28. The number of aromatic carboxylic acids is 1. The molecule has 0 aromatic heterocycles. The smallest absolute Gasteiger partial charge is 0.339 e. The molecule has 1 aromatic rings. The number of carboxylic acid groups (broad SMARTS) is 1. The third kappa shape index (κ3) is 3.37. The van der Waals surface area contributed by atoms with Gasteiger partial charge in [0.1, 0.15) is 5.56 Å². The van der Waals surface area contributed by atoms with Gasteiger partial charge in [-0.25, -0.2) is 4.79 Å². The largest absolute Gasteiger partial charge is 0.478 e. The fourth-order valence-electron chi connectivity index (χ4n) is 1.81. The van der Waals surface area contributed by atoms with E-state index in [1.54, 1.807) is 25.3 Å². The molecule has 0 unspecified atom stereocenters. The van der Waals surface area contributed by atoms with Crippen molar-refractivity contribution in [3.05, 3.63) is 28.8 Å². The maximum atomic E-state index is 11.3. The predicted molar refractivity (Wildman–Crippen MR) is 72.8 cm³/mol. The average molecular weight is 272 g/mol. The molecule has 0 aliphatic heterocycles. The van der Waals surface area contributed by atoms with Crippen molar-refractivity contribution in [1.29, 1.82) is 0 Å². The highest BCUT2D eigenvalue weighted by Gasteiger charge is 2.20. The van der Waals surface area contributed by atoms with Crippen LogP contribution in [0.2, 0.25) is 5.02 Å². The molecule has 0 radical (unpaired) electrons. The number of hydrogen-bond donors (Lipinski definition) is 1. The molecule has 0 bridgehead atoms. The third-order valence-electron chi connectivity index (χ3n) is 2.67. The number of anilines is 1. The van der Waals surface area contributed by atoms with E-state index in [1.165, 1.54) is 0 Å². The average Bonchev–Trinajstić information content (AvgIpc) is 2.28. The Balaban J connectivity index is 3.19. The zero-order valence-electron chi connectivity index (χ0n) is 10.8. The highest BCUT2D eigenvalue weighted by molar-refractivity contribution is 6.34. The van der Waals surface area contributed by atoms with Crippen LogP contribution >= 0.6 is 11.6 Å². The molecule has 0 aliphatic carbocycles. The number of carboxylic acids is 1. The van der Waals surface area contributed by atoms with Crippen molar-refractivity contribution in [1.82, 2.24) is 0 Å². The molecule has 0 fully saturated rings. The summed E-state index contributed by atoms with van der Waals surface area (Å²) >= 11 is 5.97. The highest BCUT2D eigenvalue weighted by atomic mass is 35.5. The Morgan fingerprint density at radius 1 is 1.50 bits per heavy atom. The first-order chi connectivity index (χ1) is 8.49. The second kappa shape index (κ2) is 6.61. The molecule has 0 spiro atoms. The van der Waals surface area contributed by atoms with Gasteiger partial charge in [-0.2, -0.15) is 0 Å². The summed E-state index contributed by atoms with van der Waals surface area (Å²) in [4.78, 5) is 13.3. The lowest BCUT2D eigenvalue weighted by Gasteiger charge is -2.30. The summed E-state index contributed by atoms with van der Waals surface area (Å²) in [7, 11) is 1.62. The number of halogens is 1. The van der Waals surface area contributed by atoms with Gasteiger partial charge in [0, 0.05) is 19.7 Å². The number of rotatable bonds is 6. The summed E-state index contributed by atoms with van der Waals surface area (Å²) in [5.41, 5.74) is 0.769. The van der Waals surface area contributed by atoms with Crippen LogP contribution in [0.4, 0.5) is 5.69 Å². The Kier molecular flexibility index (Phi) is 5.44. The Bertz CT molecular complexity index is 421. The standard InChI is InChI=1S/C13H18ClNO3/c1-9(2)15(7-8-18-3)11-6-4-5-10(14)12(11)13(16)17/h4-6,9H,7-8H2,1-3H3,(H,16,17). The molecule has 1 N–H and O–H groups in total. The van der Waals surface area contributed by atoms with Crippen molar-refractivity contribution in [3.8, 4) is 0 Å². The maximum Gasteiger partial charge on any atom is 0.339 e. The Hall–Kier alpha value is -1.26. The predicted octanol–water partition coefficient (Wildman–Crippen LogP) is 2.90. The van der Waals surface area contributed by atoms with E-state index >= 15 is 0 Å².